The standard InChI is InChI=1S/C16H15NO/c1-2-15-8-13(5-6-17-15)11-3-4-12-9-16(18)10-14(12)7-11/h3-8H,2,9-10H2,1H3. The molecule has 1 aliphatic rings. The van der Waals surface area contributed by atoms with Crippen molar-refractivity contribution < 1.29 is 4.79 Å². The predicted molar refractivity (Wildman–Crippen MR) is 71.5 cm³/mol. The number of hydrogen-bond acceptors (Lipinski definition) is 2. The van der Waals surface area contributed by atoms with Crippen LogP contribution in [0.5, 0.6) is 0 Å². The van der Waals surface area contributed by atoms with E-state index in [4.69, 9.17) is 0 Å². The van der Waals surface area contributed by atoms with Crippen LogP contribution in [0.15, 0.2) is 36.5 Å². The molecule has 3 rings (SSSR count). The van der Waals surface area contributed by atoms with Crippen molar-refractivity contribution in [2.24, 2.45) is 0 Å². The van der Waals surface area contributed by atoms with E-state index in [0.717, 1.165) is 12.1 Å². The molecule has 2 aromatic rings. The third-order valence-electron chi connectivity index (χ3n) is 3.49. The highest BCUT2D eigenvalue weighted by Gasteiger charge is 2.18. The van der Waals surface area contributed by atoms with Gasteiger partial charge in [-0.25, -0.2) is 0 Å². The Kier molecular flexibility index (Phi) is 2.71. The van der Waals surface area contributed by atoms with Crippen LogP contribution in [0.3, 0.4) is 0 Å². The molecule has 1 aromatic carbocycles. The molecule has 1 aromatic heterocycles. The van der Waals surface area contributed by atoms with E-state index < -0.39 is 0 Å². The summed E-state index contributed by atoms with van der Waals surface area (Å²) < 4.78 is 0. The van der Waals surface area contributed by atoms with Gasteiger partial charge in [0, 0.05) is 24.7 Å². The van der Waals surface area contributed by atoms with Crippen molar-refractivity contribution >= 4 is 5.78 Å². The molecule has 2 heteroatoms. The number of rotatable bonds is 2. The maximum absolute atomic E-state index is 11.4. The summed E-state index contributed by atoms with van der Waals surface area (Å²) in [5.41, 5.74) is 5.84. The molecule has 1 heterocycles. The molecule has 0 fully saturated rings. The summed E-state index contributed by atoms with van der Waals surface area (Å²) >= 11 is 0. The summed E-state index contributed by atoms with van der Waals surface area (Å²) in [5.74, 6) is 0.325. The first-order valence-corrected chi connectivity index (χ1v) is 6.35. The molecule has 0 saturated carbocycles. The Morgan fingerprint density at radius 1 is 1.06 bits per heavy atom. The van der Waals surface area contributed by atoms with E-state index in [1.54, 1.807) is 0 Å². The van der Waals surface area contributed by atoms with Crippen LogP contribution in [0, 0.1) is 0 Å². The number of Topliss-reactive ketones (excluding diaryl/α,β-unsaturated/α-hetero) is 1. The second-order valence-electron chi connectivity index (χ2n) is 4.77. The van der Waals surface area contributed by atoms with Crippen LogP contribution in [0.2, 0.25) is 0 Å². The molecule has 18 heavy (non-hydrogen) atoms. The van der Waals surface area contributed by atoms with E-state index in [-0.39, 0.29) is 0 Å². The van der Waals surface area contributed by atoms with Crippen LogP contribution >= 0.6 is 0 Å². The monoisotopic (exact) mass is 237 g/mol. The molecular weight excluding hydrogens is 222 g/mol. The van der Waals surface area contributed by atoms with Gasteiger partial charge in [-0.15, -0.1) is 0 Å². The topological polar surface area (TPSA) is 30.0 Å². The van der Waals surface area contributed by atoms with E-state index >= 15 is 0 Å². The summed E-state index contributed by atoms with van der Waals surface area (Å²) in [4.78, 5) is 15.8. The molecule has 0 atom stereocenters. The fourth-order valence-corrected chi connectivity index (χ4v) is 2.48. The fourth-order valence-electron chi connectivity index (χ4n) is 2.48. The lowest BCUT2D eigenvalue weighted by Gasteiger charge is -2.06. The van der Waals surface area contributed by atoms with Gasteiger partial charge in [0.2, 0.25) is 0 Å². The predicted octanol–water partition coefficient (Wildman–Crippen LogP) is 2.98. The number of fused-ring (bicyclic) bond motifs is 1. The van der Waals surface area contributed by atoms with Gasteiger partial charge in [0.15, 0.2) is 0 Å². The van der Waals surface area contributed by atoms with Crippen molar-refractivity contribution in [3.05, 3.63) is 53.3 Å². The van der Waals surface area contributed by atoms with Gasteiger partial charge in [-0.05, 0) is 40.8 Å². The van der Waals surface area contributed by atoms with E-state index in [2.05, 4.69) is 36.2 Å². The van der Waals surface area contributed by atoms with Gasteiger partial charge in [-0.1, -0.05) is 25.1 Å². The van der Waals surface area contributed by atoms with Gasteiger partial charge in [-0.2, -0.15) is 0 Å². The molecule has 2 nitrogen and oxygen atoms in total. The van der Waals surface area contributed by atoms with Crippen LogP contribution in [-0.2, 0) is 24.1 Å². The number of nitrogens with zero attached hydrogens (tertiary/aromatic N) is 1. The van der Waals surface area contributed by atoms with Crippen LogP contribution in [0.25, 0.3) is 11.1 Å². The SMILES string of the molecule is CCc1cc(-c2ccc3c(c2)CC(=O)C3)ccn1. The van der Waals surface area contributed by atoms with Crippen molar-refractivity contribution in [3.63, 3.8) is 0 Å². The quantitative estimate of drug-likeness (QED) is 0.803. The number of benzene rings is 1. The maximum Gasteiger partial charge on any atom is 0.141 e. The number of ketones is 1. The maximum atomic E-state index is 11.4. The van der Waals surface area contributed by atoms with Crippen molar-refractivity contribution in [3.8, 4) is 11.1 Å². The molecule has 0 aliphatic heterocycles. The smallest absolute Gasteiger partial charge is 0.141 e. The van der Waals surface area contributed by atoms with Crippen LogP contribution in [0.4, 0.5) is 0 Å². The summed E-state index contributed by atoms with van der Waals surface area (Å²) in [6.45, 7) is 2.10. The Labute approximate surface area is 107 Å². The third kappa shape index (κ3) is 1.94. The lowest BCUT2D eigenvalue weighted by molar-refractivity contribution is -0.117. The fraction of sp³-hybridized carbons (Fsp3) is 0.250. The van der Waals surface area contributed by atoms with Crippen molar-refractivity contribution in [2.75, 3.05) is 0 Å². The number of carbonyl (C=O) groups excluding carboxylic acids is 1. The molecule has 0 bridgehead atoms. The third-order valence-corrected chi connectivity index (χ3v) is 3.49. The van der Waals surface area contributed by atoms with Crippen molar-refractivity contribution in [2.45, 2.75) is 26.2 Å². The minimum absolute atomic E-state index is 0.325. The first-order valence-electron chi connectivity index (χ1n) is 6.35. The van der Waals surface area contributed by atoms with Gasteiger partial charge >= 0.3 is 0 Å². The number of pyridine rings is 1. The number of aryl methyl sites for hydroxylation is 1. The zero-order chi connectivity index (χ0) is 12.5. The second-order valence-corrected chi connectivity index (χ2v) is 4.77. The minimum atomic E-state index is 0.325. The van der Waals surface area contributed by atoms with Crippen LogP contribution in [0.1, 0.15) is 23.7 Å². The Balaban J connectivity index is 2.02. The summed E-state index contributed by atoms with van der Waals surface area (Å²) in [5, 5.41) is 0. The number of aromatic nitrogens is 1. The van der Waals surface area contributed by atoms with E-state index in [1.165, 1.54) is 22.3 Å². The van der Waals surface area contributed by atoms with Gasteiger partial charge in [0.1, 0.15) is 5.78 Å². The van der Waals surface area contributed by atoms with Crippen molar-refractivity contribution in [1.29, 1.82) is 0 Å². The Morgan fingerprint density at radius 2 is 1.83 bits per heavy atom. The lowest BCUT2D eigenvalue weighted by atomic mass is 10.0. The van der Waals surface area contributed by atoms with Crippen LogP contribution in [-0.4, -0.2) is 10.8 Å². The molecule has 0 amide bonds. The van der Waals surface area contributed by atoms with Gasteiger partial charge in [0.05, 0.1) is 0 Å². The molecule has 0 unspecified atom stereocenters. The molecule has 0 radical (unpaired) electrons. The lowest BCUT2D eigenvalue weighted by Crippen LogP contribution is -1.92. The Hall–Kier alpha value is -1.96. The normalized spacial score (nSPS) is 13.7. The Bertz CT molecular complexity index is 616. The number of carbonyl (C=O) groups is 1. The molecule has 1 aliphatic carbocycles. The van der Waals surface area contributed by atoms with E-state index in [9.17, 15) is 4.79 Å². The summed E-state index contributed by atoms with van der Waals surface area (Å²) in [6, 6.07) is 10.5. The molecule has 0 spiro atoms. The molecule has 0 N–H and O–H groups in total. The highest BCUT2D eigenvalue weighted by Crippen LogP contribution is 2.27. The second kappa shape index (κ2) is 4.37. The average Bonchev–Trinajstić information content (AvgIpc) is 2.77. The van der Waals surface area contributed by atoms with Crippen molar-refractivity contribution in [1.82, 2.24) is 4.98 Å². The summed E-state index contributed by atoms with van der Waals surface area (Å²) in [6.07, 6.45) is 3.99. The van der Waals surface area contributed by atoms with Gasteiger partial charge in [-0.3, -0.25) is 9.78 Å². The first-order chi connectivity index (χ1) is 8.76. The molecular formula is C16H15NO. The van der Waals surface area contributed by atoms with Crippen LogP contribution < -0.4 is 0 Å². The Morgan fingerprint density at radius 3 is 2.67 bits per heavy atom. The van der Waals surface area contributed by atoms with E-state index in [0.29, 0.717) is 18.6 Å². The largest absolute Gasteiger partial charge is 0.299 e. The molecule has 90 valence electrons. The van der Waals surface area contributed by atoms with Gasteiger partial charge in [0.25, 0.3) is 0 Å². The summed E-state index contributed by atoms with van der Waals surface area (Å²) in [7, 11) is 0. The highest BCUT2D eigenvalue weighted by atomic mass is 16.1. The average molecular weight is 237 g/mol. The first kappa shape index (κ1) is 11.1. The number of hydrogen-bond donors (Lipinski definition) is 0. The van der Waals surface area contributed by atoms with Gasteiger partial charge < -0.3 is 0 Å². The minimum Gasteiger partial charge on any atom is -0.299 e. The zero-order valence-electron chi connectivity index (χ0n) is 10.4. The van der Waals surface area contributed by atoms with E-state index in [1.807, 2.05) is 12.3 Å². The highest BCUT2D eigenvalue weighted by molar-refractivity contribution is 5.88. The molecule has 0 saturated heterocycles. The zero-order valence-corrected chi connectivity index (χ0v) is 10.4.